The van der Waals surface area contributed by atoms with Gasteiger partial charge in [0.2, 0.25) is 5.91 Å². The van der Waals surface area contributed by atoms with Gasteiger partial charge in [-0.1, -0.05) is 12.0 Å². The lowest BCUT2D eigenvalue weighted by Crippen LogP contribution is -2.28. The topological polar surface area (TPSA) is 84.7 Å². The summed E-state index contributed by atoms with van der Waals surface area (Å²) in [5, 5.41) is 16.3. The molecule has 0 spiro atoms. The largest absolute Gasteiger partial charge is 0.309 e. The Kier molecular flexibility index (Phi) is 3.32. The molecule has 7 nitrogen and oxygen atoms in total. The molecule has 13 heavy (non-hydrogen) atoms. The molecule has 0 saturated heterocycles. The number of rotatable bonds is 4. The van der Waals surface area contributed by atoms with Crippen molar-refractivity contribution < 1.29 is 4.79 Å². The maximum absolute atomic E-state index is 11.1. The van der Waals surface area contributed by atoms with Crippen LogP contribution in [0.2, 0.25) is 0 Å². The van der Waals surface area contributed by atoms with E-state index in [0.29, 0.717) is 0 Å². The Hall–Kier alpha value is -1.50. The van der Waals surface area contributed by atoms with Gasteiger partial charge >= 0.3 is 0 Å². The zero-order valence-electron chi connectivity index (χ0n) is 7.61. The second-order valence-electron chi connectivity index (χ2n) is 2.43. The summed E-state index contributed by atoms with van der Waals surface area (Å²) in [6, 6.07) is 0. The zero-order valence-corrected chi connectivity index (χ0v) is 7.61. The van der Waals surface area contributed by atoms with Crippen LogP contribution in [0.5, 0.6) is 0 Å². The fraction of sp³-hybridized carbons (Fsp3) is 0.667. The van der Waals surface area contributed by atoms with E-state index in [0.717, 1.165) is 6.54 Å². The predicted octanol–water partition coefficient (Wildman–Crippen LogP) is -1.24. The van der Waals surface area contributed by atoms with Crippen LogP contribution in [0.25, 0.3) is 0 Å². The van der Waals surface area contributed by atoms with E-state index in [1.54, 1.807) is 7.05 Å². The number of anilines is 1. The number of nitrogens with zero attached hydrogens (tertiary/aromatic N) is 4. The highest BCUT2D eigenvalue weighted by molar-refractivity contribution is 5.90. The number of amides is 1. The van der Waals surface area contributed by atoms with Gasteiger partial charge in [0.25, 0.3) is 5.95 Å². The fourth-order valence-corrected chi connectivity index (χ4v) is 0.742. The van der Waals surface area contributed by atoms with Crippen LogP contribution in [-0.2, 0) is 11.8 Å². The molecule has 2 N–H and O–H groups in total. The zero-order chi connectivity index (χ0) is 9.68. The maximum Gasteiger partial charge on any atom is 0.270 e. The number of aryl methyl sites for hydroxylation is 1. The Bertz CT molecular complexity index is 282. The fourth-order valence-electron chi connectivity index (χ4n) is 0.742. The van der Waals surface area contributed by atoms with E-state index in [9.17, 15) is 4.79 Å². The van der Waals surface area contributed by atoms with Crippen molar-refractivity contribution in [2.24, 2.45) is 7.05 Å². The first kappa shape index (κ1) is 9.59. The van der Waals surface area contributed by atoms with Crippen LogP contribution in [0.15, 0.2) is 0 Å². The number of hydrogen-bond acceptors (Lipinski definition) is 5. The monoisotopic (exact) mass is 184 g/mol. The highest BCUT2D eigenvalue weighted by Gasteiger charge is 2.04. The van der Waals surface area contributed by atoms with E-state index in [4.69, 9.17) is 0 Å². The molecule has 1 amide bonds. The molecule has 0 unspecified atom stereocenters. The van der Waals surface area contributed by atoms with Crippen molar-refractivity contribution in [3.63, 3.8) is 0 Å². The Morgan fingerprint density at radius 1 is 1.62 bits per heavy atom. The van der Waals surface area contributed by atoms with Crippen LogP contribution in [0.3, 0.4) is 0 Å². The number of aromatic nitrogens is 4. The highest BCUT2D eigenvalue weighted by atomic mass is 16.2. The molecule has 7 heteroatoms. The van der Waals surface area contributed by atoms with Gasteiger partial charge in [-0.15, -0.1) is 5.10 Å². The second kappa shape index (κ2) is 4.51. The number of likely N-dealkylation sites (N-methyl/N-ethyl adjacent to an activating group) is 1. The number of nitrogens with one attached hydrogen (secondary N) is 2. The number of carbonyl (C=O) groups excluding carboxylic acids is 1. The maximum atomic E-state index is 11.1. The first-order valence-electron chi connectivity index (χ1n) is 3.97. The summed E-state index contributed by atoms with van der Waals surface area (Å²) in [5.74, 6) is 0.0558. The molecule has 0 bridgehead atoms. The van der Waals surface area contributed by atoms with Crippen LogP contribution in [0.1, 0.15) is 6.92 Å². The summed E-state index contributed by atoms with van der Waals surface area (Å²) in [7, 11) is 1.63. The van der Waals surface area contributed by atoms with Gasteiger partial charge in [-0.25, -0.2) is 0 Å². The lowest BCUT2D eigenvalue weighted by molar-refractivity contribution is -0.115. The summed E-state index contributed by atoms with van der Waals surface area (Å²) in [5.41, 5.74) is 0. The van der Waals surface area contributed by atoms with Crippen molar-refractivity contribution in [2.75, 3.05) is 18.4 Å². The molecular formula is C6H12N6O. The summed E-state index contributed by atoms with van der Waals surface area (Å²) >= 11 is 0. The van der Waals surface area contributed by atoms with E-state index in [-0.39, 0.29) is 18.4 Å². The molecule has 0 aliphatic heterocycles. The van der Waals surface area contributed by atoms with E-state index < -0.39 is 0 Å². The van der Waals surface area contributed by atoms with Crippen LogP contribution in [0.4, 0.5) is 5.95 Å². The van der Waals surface area contributed by atoms with Gasteiger partial charge in [0.15, 0.2) is 0 Å². The second-order valence-corrected chi connectivity index (χ2v) is 2.43. The van der Waals surface area contributed by atoms with Crippen molar-refractivity contribution in [1.82, 2.24) is 25.5 Å². The average molecular weight is 184 g/mol. The lowest BCUT2D eigenvalue weighted by atomic mass is 10.5. The van der Waals surface area contributed by atoms with E-state index in [1.807, 2.05) is 6.92 Å². The van der Waals surface area contributed by atoms with Gasteiger partial charge in [-0.2, -0.15) is 4.80 Å². The van der Waals surface area contributed by atoms with Gasteiger partial charge in [-0.05, 0) is 11.8 Å². The Balaban J connectivity index is 2.36. The van der Waals surface area contributed by atoms with Gasteiger partial charge < -0.3 is 5.32 Å². The molecule has 1 aromatic rings. The third kappa shape index (κ3) is 3.16. The van der Waals surface area contributed by atoms with Crippen molar-refractivity contribution >= 4 is 11.9 Å². The highest BCUT2D eigenvalue weighted by Crippen LogP contribution is 1.90. The molecule has 0 aromatic carbocycles. The predicted molar refractivity (Wildman–Crippen MR) is 46.0 cm³/mol. The normalized spacial score (nSPS) is 10.0. The van der Waals surface area contributed by atoms with Crippen molar-refractivity contribution in [3.05, 3.63) is 0 Å². The molecule has 0 atom stereocenters. The Morgan fingerprint density at radius 3 is 2.92 bits per heavy atom. The Morgan fingerprint density at radius 2 is 2.38 bits per heavy atom. The standard InChI is InChI=1S/C6H12N6O/c1-3-7-4-5(13)8-6-9-11-12(2)10-6/h7H,3-4H2,1-2H3,(H,8,10,13). The summed E-state index contributed by atoms with van der Waals surface area (Å²) in [6.45, 7) is 2.93. The molecule has 1 rings (SSSR count). The Labute approximate surface area is 75.5 Å². The third-order valence-corrected chi connectivity index (χ3v) is 1.30. The van der Waals surface area contributed by atoms with E-state index in [2.05, 4.69) is 26.0 Å². The first-order valence-corrected chi connectivity index (χ1v) is 3.97. The molecule has 72 valence electrons. The minimum Gasteiger partial charge on any atom is -0.309 e. The molecule has 0 radical (unpaired) electrons. The van der Waals surface area contributed by atoms with Gasteiger partial charge in [0.05, 0.1) is 13.6 Å². The average Bonchev–Trinajstić information content (AvgIpc) is 2.48. The van der Waals surface area contributed by atoms with Crippen LogP contribution in [0, 0.1) is 0 Å². The van der Waals surface area contributed by atoms with Crippen molar-refractivity contribution in [3.8, 4) is 0 Å². The molecule has 1 aromatic heterocycles. The number of tetrazole rings is 1. The molecular weight excluding hydrogens is 172 g/mol. The number of hydrogen-bond donors (Lipinski definition) is 2. The minimum atomic E-state index is -0.171. The van der Waals surface area contributed by atoms with E-state index >= 15 is 0 Å². The summed E-state index contributed by atoms with van der Waals surface area (Å²) < 4.78 is 0. The van der Waals surface area contributed by atoms with E-state index in [1.165, 1.54) is 4.80 Å². The van der Waals surface area contributed by atoms with Gasteiger partial charge in [0, 0.05) is 0 Å². The third-order valence-electron chi connectivity index (χ3n) is 1.30. The molecule has 1 heterocycles. The van der Waals surface area contributed by atoms with Crippen molar-refractivity contribution in [2.45, 2.75) is 6.92 Å². The summed E-state index contributed by atoms with van der Waals surface area (Å²) in [6.07, 6.45) is 0. The van der Waals surface area contributed by atoms with Crippen LogP contribution < -0.4 is 10.6 Å². The molecule has 0 saturated carbocycles. The van der Waals surface area contributed by atoms with Gasteiger partial charge in [0.1, 0.15) is 0 Å². The van der Waals surface area contributed by atoms with Crippen molar-refractivity contribution in [1.29, 1.82) is 0 Å². The van der Waals surface area contributed by atoms with Crippen LogP contribution in [-0.4, -0.2) is 39.2 Å². The lowest BCUT2D eigenvalue weighted by Gasteiger charge is -1.99. The SMILES string of the molecule is CCNCC(=O)Nc1nnn(C)n1. The first-order chi connectivity index (χ1) is 6.22. The summed E-state index contributed by atoms with van der Waals surface area (Å²) in [4.78, 5) is 12.4. The minimum absolute atomic E-state index is 0.171. The van der Waals surface area contributed by atoms with Gasteiger partial charge in [-0.3, -0.25) is 10.1 Å². The molecule has 0 fully saturated rings. The number of carbonyl (C=O) groups is 1. The molecule has 0 aliphatic rings. The quantitative estimate of drug-likeness (QED) is 0.611. The van der Waals surface area contributed by atoms with Crippen LogP contribution >= 0.6 is 0 Å². The smallest absolute Gasteiger partial charge is 0.270 e. The molecule has 0 aliphatic carbocycles.